The van der Waals surface area contributed by atoms with Crippen LogP contribution < -0.4 is 11.1 Å². The van der Waals surface area contributed by atoms with Crippen LogP contribution in [0.1, 0.15) is 37.3 Å². The summed E-state index contributed by atoms with van der Waals surface area (Å²) in [6.45, 7) is 4.71. The van der Waals surface area contributed by atoms with Crippen molar-refractivity contribution in [2.45, 2.75) is 38.6 Å². The van der Waals surface area contributed by atoms with Crippen molar-refractivity contribution in [3.8, 4) is 23.5 Å². The molecule has 1 aromatic carbocycles. The first kappa shape index (κ1) is 21.1. The van der Waals surface area contributed by atoms with E-state index in [1.807, 2.05) is 12.3 Å². The average Bonchev–Trinajstić information content (AvgIpc) is 2.94. The van der Waals surface area contributed by atoms with Gasteiger partial charge in [-0.3, -0.25) is 14.7 Å². The van der Waals surface area contributed by atoms with E-state index in [4.69, 9.17) is 12.2 Å². The summed E-state index contributed by atoms with van der Waals surface area (Å²) in [4.78, 5) is 19.9. The maximum atomic E-state index is 13.4. The standard InChI is InChI=1S/C26H30N4O/c1-3-10-30-11-8-23(9-12-30)29-26(31)25-13-18(2)4-5-19-6-7-20(15-24(19)25)21-14-22(27)17-28-16-21/h1,6-7,13-18,23H,4-5,8-12,27H2,2H3,(H,29,31). The summed E-state index contributed by atoms with van der Waals surface area (Å²) in [5, 5.41) is 3.29. The fourth-order valence-corrected chi connectivity index (χ4v) is 4.51. The van der Waals surface area contributed by atoms with Gasteiger partial charge in [0.25, 0.3) is 5.91 Å². The third kappa shape index (κ3) is 4.98. The molecule has 1 fully saturated rings. The number of likely N-dealkylation sites (tertiary alicyclic amines) is 1. The van der Waals surface area contributed by atoms with Crippen LogP contribution in [0.15, 0.2) is 42.7 Å². The van der Waals surface area contributed by atoms with Crippen LogP contribution in [0.4, 0.5) is 5.69 Å². The topological polar surface area (TPSA) is 71.2 Å². The molecule has 1 aliphatic carbocycles. The first-order valence-electron chi connectivity index (χ1n) is 11.1. The minimum atomic E-state index is 0.0215. The number of piperidine rings is 1. The number of terminal acetylenes is 1. The van der Waals surface area contributed by atoms with Gasteiger partial charge in [0.15, 0.2) is 0 Å². The minimum Gasteiger partial charge on any atom is -0.397 e. The number of hydrogen-bond donors (Lipinski definition) is 2. The highest BCUT2D eigenvalue weighted by atomic mass is 16.1. The van der Waals surface area contributed by atoms with Crippen molar-refractivity contribution >= 4 is 17.2 Å². The third-order valence-corrected chi connectivity index (χ3v) is 6.30. The summed E-state index contributed by atoms with van der Waals surface area (Å²) in [6.07, 6.45) is 14.9. The van der Waals surface area contributed by atoms with Gasteiger partial charge in [0, 0.05) is 42.7 Å². The Morgan fingerprint density at radius 2 is 2.03 bits per heavy atom. The number of carbonyl (C=O) groups is 1. The van der Waals surface area contributed by atoms with Gasteiger partial charge in [-0.25, -0.2) is 0 Å². The zero-order chi connectivity index (χ0) is 21.8. The molecule has 1 aromatic heterocycles. The van der Waals surface area contributed by atoms with E-state index in [0.29, 0.717) is 18.2 Å². The summed E-state index contributed by atoms with van der Waals surface area (Å²) in [5.41, 5.74) is 11.6. The molecule has 1 aliphatic heterocycles. The molecule has 1 atom stereocenters. The predicted molar refractivity (Wildman–Crippen MR) is 126 cm³/mol. The number of amides is 1. The molecule has 5 heteroatoms. The largest absolute Gasteiger partial charge is 0.397 e. The number of nitrogens with zero attached hydrogens (tertiary/aromatic N) is 2. The molecule has 31 heavy (non-hydrogen) atoms. The van der Waals surface area contributed by atoms with Gasteiger partial charge in [0.1, 0.15) is 0 Å². The van der Waals surface area contributed by atoms with E-state index < -0.39 is 0 Å². The third-order valence-electron chi connectivity index (χ3n) is 6.30. The van der Waals surface area contributed by atoms with Crippen LogP contribution in [0.2, 0.25) is 0 Å². The second kappa shape index (κ2) is 9.36. The molecule has 1 unspecified atom stereocenters. The Kier molecular flexibility index (Phi) is 6.39. The van der Waals surface area contributed by atoms with E-state index in [-0.39, 0.29) is 11.9 Å². The van der Waals surface area contributed by atoms with Crippen molar-refractivity contribution in [3.63, 3.8) is 0 Å². The molecule has 2 aliphatic rings. The second-order valence-corrected chi connectivity index (χ2v) is 8.70. The Bertz CT molecular complexity index is 1030. The van der Waals surface area contributed by atoms with E-state index in [2.05, 4.69) is 52.3 Å². The number of nitrogen functional groups attached to an aromatic ring is 1. The number of aromatic nitrogens is 1. The lowest BCUT2D eigenvalue weighted by Crippen LogP contribution is -2.44. The first-order chi connectivity index (χ1) is 15.0. The Labute approximate surface area is 184 Å². The van der Waals surface area contributed by atoms with Crippen molar-refractivity contribution in [2.75, 3.05) is 25.4 Å². The number of anilines is 1. The summed E-state index contributed by atoms with van der Waals surface area (Å²) in [5.74, 6) is 3.08. The smallest absolute Gasteiger partial charge is 0.251 e. The maximum Gasteiger partial charge on any atom is 0.251 e. The average molecular weight is 415 g/mol. The molecule has 1 amide bonds. The van der Waals surface area contributed by atoms with Crippen LogP contribution in [0.25, 0.3) is 16.7 Å². The van der Waals surface area contributed by atoms with Crippen LogP contribution in [-0.2, 0) is 11.2 Å². The summed E-state index contributed by atoms with van der Waals surface area (Å²) >= 11 is 0. The zero-order valence-electron chi connectivity index (χ0n) is 18.1. The van der Waals surface area contributed by atoms with Gasteiger partial charge >= 0.3 is 0 Å². The summed E-state index contributed by atoms with van der Waals surface area (Å²) in [7, 11) is 0. The lowest BCUT2D eigenvalue weighted by atomic mass is 9.93. The van der Waals surface area contributed by atoms with E-state index in [9.17, 15) is 4.79 Å². The quantitative estimate of drug-likeness (QED) is 0.751. The molecule has 4 rings (SSSR count). The first-order valence-corrected chi connectivity index (χ1v) is 11.1. The van der Waals surface area contributed by atoms with Crippen molar-refractivity contribution in [2.24, 2.45) is 5.92 Å². The van der Waals surface area contributed by atoms with E-state index >= 15 is 0 Å². The lowest BCUT2D eigenvalue weighted by molar-refractivity contribution is -0.116. The number of nitrogens with two attached hydrogens (primary N) is 1. The highest BCUT2D eigenvalue weighted by Crippen LogP contribution is 2.32. The number of rotatable bonds is 4. The lowest BCUT2D eigenvalue weighted by Gasteiger charge is -2.31. The number of benzene rings is 1. The zero-order valence-corrected chi connectivity index (χ0v) is 18.1. The minimum absolute atomic E-state index is 0.0215. The SMILES string of the molecule is C#CCN1CCC(NC(=O)C2=CC(C)CCc3ccc(-c4cncc(N)c4)cc32)CC1. The van der Waals surface area contributed by atoms with Gasteiger partial charge in [-0.2, -0.15) is 0 Å². The molecule has 160 valence electrons. The molecule has 0 radical (unpaired) electrons. The monoisotopic (exact) mass is 414 g/mol. The highest BCUT2D eigenvalue weighted by Gasteiger charge is 2.25. The van der Waals surface area contributed by atoms with Gasteiger partial charge < -0.3 is 11.1 Å². The number of carbonyl (C=O) groups excluding carboxylic acids is 1. The van der Waals surface area contributed by atoms with Gasteiger partial charge in [0.05, 0.1) is 12.2 Å². The maximum absolute atomic E-state index is 13.4. The normalized spacial score (nSPS) is 19.6. The Morgan fingerprint density at radius 1 is 1.23 bits per heavy atom. The van der Waals surface area contributed by atoms with E-state index in [0.717, 1.165) is 61.0 Å². The van der Waals surface area contributed by atoms with Crippen LogP contribution in [0.3, 0.4) is 0 Å². The number of hydrogen-bond acceptors (Lipinski definition) is 4. The van der Waals surface area contributed by atoms with Crippen molar-refractivity contribution in [1.29, 1.82) is 0 Å². The summed E-state index contributed by atoms with van der Waals surface area (Å²) in [6, 6.07) is 8.46. The van der Waals surface area contributed by atoms with Crippen LogP contribution in [0.5, 0.6) is 0 Å². The number of aryl methyl sites for hydroxylation is 1. The molecule has 0 bridgehead atoms. The Morgan fingerprint density at radius 3 is 2.77 bits per heavy atom. The molecule has 2 aromatic rings. The fraction of sp³-hybridized carbons (Fsp3) is 0.385. The van der Waals surface area contributed by atoms with Crippen LogP contribution in [0, 0.1) is 18.3 Å². The molecule has 0 saturated carbocycles. The summed E-state index contributed by atoms with van der Waals surface area (Å²) < 4.78 is 0. The van der Waals surface area contributed by atoms with E-state index in [1.54, 1.807) is 6.20 Å². The van der Waals surface area contributed by atoms with Gasteiger partial charge in [-0.15, -0.1) is 6.42 Å². The molecular formula is C26H30N4O. The van der Waals surface area contributed by atoms with E-state index in [1.165, 1.54) is 5.56 Å². The Hall–Kier alpha value is -3.10. The van der Waals surface area contributed by atoms with Crippen molar-refractivity contribution < 1.29 is 4.79 Å². The van der Waals surface area contributed by atoms with Crippen molar-refractivity contribution in [1.82, 2.24) is 15.2 Å². The number of allylic oxidation sites excluding steroid dienone is 1. The van der Waals surface area contributed by atoms with Crippen LogP contribution in [-0.4, -0.2) is 41.5 Å². The van der Waals surface area contributed by atoms with Gasteiger partial charge in [0.2, 0.25) is 0 Å². The van der Waals surface area contributed by atoms with Crippen molar-refractivity contribution in [3.05, 3.63) is 53.9 Å². The highest BCUT2D eigenvalue weighted by molar-refractivity contribution is 6.20. The molecular weight excluding hydrogens is 384 g/mol. The second-order valence-electron chi connectivity index (χ2n) is 8.70. The molecule has 0 spiro atoms. The number of nitrogens with one attached hydrogen (secondary N) is 1. The predicted octanol–water partition coefficient (Wildman–Crippen LogP) is 3.51. The van der Waals surface area contributed by atoms with Crippen LogP contribution >= 0.6 is 0 Å². The molecule has 2 heterocycles. The van der Waals surface area contributed by atoms with Gasteiger partial charge in [-0.1, -0.05) is 31.1 Å². The fourth-order valence-electron chi connectivity index (χ4n) is 4.51. The molecule has 3 N–H and O–H groups in total. The molecule has 1 saturated heterocycles. The Balaban J connectivity index is 1.58. The molecule has 5 nitrogen and oxygen atoms in total. The number of fused-ring (bicyclic) bond motifs is 1. The number of pyridine rings is 1. The van der Waals surface area contributed by atoms with Gasteiger partial charge in [-0.05, 0) is 60.4 Å².